The number of aromatic nitrogens is 2. The molecule has 4 rings (SSSR count). The quantitative estimate of drug-likeness (QED) is 0.502. The molecule has 0 aliphatic rings. The highest BCUT2D eigenvalue weighted by molar-refractivity contribution is 7.98. The van der Waals surface area contributed by atoms with Crippen molar-refractivity contribution in [2.75, 3.05) is 12.0 Å². The highest BCUT2D eigenvalue weighted by Crippen LogP contribution is 2.23. The van der Waals surface area contributed by atoms with Crippen LogP contribution in [0.4, 0.5) is 0 Å². The summed E-state index contributed by atoms with van der Waals surface area (Å²) in [5.41, 5.74) is 2.60. The SMILES string of the molecule is CSCC[C@@H](NC(=O)c1cccc2ccccc12)c1nc2ccccc2[nH]1. The van der Waals surface area contributed by atoms with Gasteiger partial charge in [-0.1, -0.05) is 48.5 Å². The number of rotatable bonds is 6. The Kier molecular flexibility index (Phi) is 5.12. The van der Waals surface area contributed by atoms with Gasteiger partial charge in [-0.15, -0.1) is 0 Å². The van der Waals surface area contributed by atoms with Gasteiger partial charge in [0.25, 0.3) is 5.91 Å². The molecule has 1 atom stereocenters. The van der Waals surface area contributed by atoms with Gasteiger partial charge < -0.3 is 10.3 Å². The molecule has 5 heteroatoms. The van der Waals surface area contributed by atoms with Crippen molar-refractivity contribution < 1.29 is 4.79 Å². The minimum Gasteiger partial charge on any atom is -0.342 e. The van der Waals surface area contributed by atoms with Crippen LogP contribution in [0.15, 0.2) is 66.7 Å². The first-order valence-corrected chi connectivity index (χ1v) is 10.4. The third kappa shape index (κ3) is 3.69. The molecule has 0 saturated carbocycles. The summed E-state index contributed by atoms with van der Waals surface area (Å²) >= 11 is 1.76. The summed E-state index contributed by atoms with van der Waals surface area (Å²) in [5.74, 6) is 1.68. The molecule has 2 N–H and O–H groups in total. The Labute approximate surface area is 162 Å². The lowest BCUT2D eigenvalue weighted by molar-refractivity contribution is 0.0936. The van der Waals surface area contributed by atoms with Crippen molar-refractivity contribution in [1.82, 2.24) is 15.3 Å². The minimum absolute atomic E-state index is 0.0710. The molecule has 0 aliphatic heterocycles. The number of thioether (sulfide) groups is 1. The van der Waals surface area contributed by atoms with Crippen LogP contribution in [0.5, 0.6) is 0 Å². The molecule has 0 bridgehead atoms. The summed E-state index contributed by atoms with van der Waals surface area (Å²) < 4.78 is 0. The van der Waals surface area contributed by atoms with E-state index in [1.165, 1.54) is 0 Å². The molecule has 3 aromatic carbocycles. The number of para-hydroxylation sites is 2. The summed E-state index contributed by atoms with van der Waals surface area (Å²) in [5, 5.41) is 5.22. The predicted molar refractivity (Wildman–Crippen MR) is 113 cm³/mol. The molecule has 27 heavy (non-hydrogen) atoms. The first-order valence-electron chi connectivity index (χ1n) is 8.98. The fourth-order valence-electron chi connectivity index (χ4n) is 3.31. The molecule has 136 valence electrons. The number of nitrogens with zero attached hydrogens (tertiary/aromatic N) is 1. The van der Waals surface area contributed by atoms with Crippen LogP contribution in [0.1, 0.15) is 28.6 Å². The number of H-pyrrole nitrogens is 1. The van der Waals surface area contributed by atoms with Gasteiger partial charge in [0.15, 0.2) is 0 Å². The summed E-state index contributed by atoms with van der Waals surface area (Å²) in [7, 11) is 0. The normalized spacial score (nSPS) is 12.3. The van der Waals surface area contributed by atoms with Gasteiger partial charge in [0.05, 0.1) is 17.1 Å². The maximum atomic E-state index is 13.1. The van der Waals surface area contributed by atoms with Gasteiger partial charge in [-0.3, -0.25) is 4.79 Å². The van der Waals surface area contributed by atoms with E-state index in [2.05, 4.69) is 16.6 Å². The molecular formula is C22H21N3OS. The molecular weight excluding hydrogens is 354 g/mol. The standard InChI is InChI=1S/C22H21N3OS/c1-27-14-13-20(21-23-18-11-4-5-12-19(18)24-21)25-22(26)17-10-6-8-15-7-2-3-9-16(15)17/h2-12,20H,13-14H2,1H3,(H,23,24)(H,25,26)/t20-/m1/s1. The van der Waals surface area contributed by atoms with Crippen LogP contribution in [0, 0.1) is 0 Å². The number of carbonyl (C=O) groups excluding carboxylic acids is 1. The van der Waals surface area contributed by atoms with Crippen molar-refractivity contribution in [3.63, 3.8) is 0 Å². The molecule has 1 amide bonds. The summed E-state index contributed by atoms with van der Waals surface area (Å²) in [6, 6.07) is 21.6. The van der Waals surface area contributed by atoms with Gasteiger partial charge in [0.1, 0.15) is 5.82 Å². The lowest BCUT2D eigenvalue weighted by Crippen LogP contribution is -2.30. The van der Waals surface area contributed by atoms with E-state index in [1.807, 2.05) is 66.7 Å². The van der Waals surface area contributed by atoms with Crippen molar-refractivity contribution in [2.45, 2.75) is 12.5 Å². The molecule has 1 aromatic heterocycles. The topological polar surface area (TPSA) is 57.8 Å². The van der Waals surface area contributed by atoms with Crippen LogP contribution in [-0.4, -0.2) is 27.9 Å². The summed E-state index contributed by atoms with van der Waals surface area (Å²) in [4.78, 5) is 21.1. The monoisotopic (exact) mass is 375 g/mol. The molecule has 0 saturated heterocycles. The second kappa shape index (κ2) is 7.84. The van der Waals surface area contributed by atoms with E-state index >= 15 is 0 Å². The Morgan fingerprint density at radius 2 is 1.85 bits per heavy atom. The Balaban J connectivity index is 1.65. The number of hydrogen-bond donors (Lipinski definition) is 2. The molecule has 0 fully saturated rings. The number of aromatic amines is 1. The van der Waals surface area contributed by atoms with E-state index in [0.29, 0.717) is 5.56 Å². The van der Waals surface area contributed by atoms with Crippen LogP contribution >= 0.6 is 11.8 Å². The Bertz CT molecular complexity index is 1050. The van der Waals surface area contributed by atoms with E-state index < -0.39 is 0 Å². The summed E-state index contributed by atoms with van der Waals surface area (Å²) in [6.45, 7) is 0. The number of nitrogens with one attached hydrogen (secondary N) is 2. The van der Waals surface area contributed by atoms with Gasteiger partial charge in [0, 0.05) is 5.56 Å². The molecule has 0 aliphatic carbocycles. The van der Waals surface area contributed by atoms with E-state index in [0.717, 1.165) is 39.8 Å². The zero-order valence-corrected chi connectivity index (χ0v) is 15.9. The Morgan fingerprint density at radius 3 is 2.70 bits per heavy atom. The third-order valence-corrected chi connectivity index (χ3v) is 5.33. The maximum absolute atomic E-state index is 13.1. The average molecular weight is 375 g/mol. The van der Waals surface area contributed by atoms with Crippen LogP contribution in [0.2, 0.25) is 0 Å². The van der Waals surface area contributed by atoms with E-state index in [4.69, 9.17) is 4.98 Å². The molecule has 4 nitrogen and oxygen atoms in total. The second-order valence-electron chi connectivity index (χ2n) is 6.47. The second-order valence-corrected chi connectivity index (χ2v) is 7.46. The average Bonchev–Trinajstić information content (AvgIpc) is 3.14. The zero-order valence-electron chi connectivity index (χ0n) is 15.1. The van der Waals surface area contributed by atoms with E-state index in [-0.39, 0.29) is 11.9 Å². The zero-order chi connectivity index (χ0) is 18.6. The van der Waals surface area contributed by atoms with Gasteiger partial charge in [0.2, 0.25) is 0 Å². The Morgan fingerprint density at radius 1 is 1.07 bits per heavy atom. The van der Waals surface area contributed by atoms with Crippen LogP contribution in [0.3, 0.4) is 0 Å². The fraction of sp³-hybridized carbons (Fsp3) is 0.182. The number of amides is 1. The van der Waals surface area contributed by atoms with Crippen molar-refractivity contribution >= 4 is 39.5 Å². The van der Waals surface area contributed by atoms with Crippen LogP contribution in [-0.2, 0) is 0 Å². The molecule has 4 aromatic rings. The smallest absolute Gasteiger partial charge is 0.252 e. The fourth-order valence-corrected chi connectivity index (χ4v) is 3.78. The maximum Gasteiger partial charge on any atom is 0.252 e. The molecule has 1 heterocycles. The summed E-state index contributed by atoms with van der Waals surface area (Å²) in [6.07, 6.45) is 2.89. The van der Waals surface area contributed by atoms with Gasteiger partial charge >= 0.3 is 0 Å². The first kappa shape index (κ1) is 17.6. The third-order valence-electron chi connectivity index (χ3n) is 4.69. The number of imidazole rings is 1. The van der Waals surface area contributed by atoms with Gasteiger partial charge in [-0.2, -0.15) is 11.8 Å². The van der Waals surface area contributed by atoms with Crippen molar-refractivity contribution in [3.05, 3.63) is 78.1 Å². The van der Waals surface area contributed by atoms with Crippen LogP contribution < -0.4 is 5.32 Å². The van der Waals surface area contributed by atoms with E-state index in [9.17, 15) is 4.79 Å². The number of hydrogen-bond acceptors (Lipinski definition) is 3. The van der Waals surface area contributed by atoms with Gasteiger partial charge in [-0.05, 0) is 47.4 Å². The highest BCUT2D eigenvalue weighted by Gasteiger charge is 2.20. The molecule has 0 radical (unpaired) electrons. The number of fused-ring (bicyclic) bond motifs is 2. The predicted octanol–water partition coefficient (Wildman–Crippen LogP) is 4.94. The first-order chi connectivity index (χ1) is 13.3. The van der Waals surface area contributed by atoms with Crippen molar-refractivity contribution in [3.8, 4) is 0 Å². The lowest BCUT2D eigenvalue weighted by Gasteiger charge is -2.17. The Hall–Kier alpha value is -2.79. The lowest BCUT2D eigenvalue weighted by atomic mass is 10.0. The van der Waals surface area contributed by atoms with Crippen molar-refractivity contribution in [1.29, 1.82) is 0 Å². The number of benzene rings is 3. The highest BCUT2D eigenvalue weighted by atomic mass is 32.2. The van der Waals surface area contributed by atoms with E-state index in [1.54, 1.807) is 11.8 Å². The van der Waals surface area contributed by atoms with Crippen LogP contribution in [0.25, 0.3) is 21.8 Å². The minimum atomic E-state index is -0.156. The largest absolute Gasteiger partial charge is 0.342 e. The molecule has 0 unspecified atom stereocenters. The molecule has 0 spiro atoms. The van der Waals surface area contributed by atoms with Crippen molar-refractivity contribution in [2.24, 2.45) is 0 Å². The van der Waals surface area contributed by atoms with Gasteiger partial charge in [-0.25, -0.2) is 4.98 Å². The number of carbonyl (C=O) groups is 1.